The Bertz CT molecular complexity index is 1290. The number of fused-ring (bicyclic) bond motifs is 2. The molecule has 0 aliphatic rings. The summed E-state index contributed by atoms with van der Waals surface area (Å²) in [6.45, 7) is 0. The molecule has 0 N–H and O–H groups in total. The fourth-order valence-corrected chi connectivity index (χ4v) is 6.14. The van der Waals surface area contributed by atoms with E-state index in [1.165, 1.54) is 18.7 Å². The lowest BCUT2D eigenvalue weighted by Crippen LogP contribution is -2.10. The van der Waals surface area contributed by atoms with Gasteiger partial charge in [0.25, 0.3) is 0 Å². The molecule has 0 saturated carbocycles. The number of benzene rings is 3. The van der Waals surface area contributed by atoms with Gasteiger partial charge >= 0.3 is 0 Å². The molecule has 28 heavy (non-hydrogen) atoms. The summed E-state index contributed by atoms with van der Waals surface area (Å²) >= 11 is 5.87. The summed E-state index contributed by atoms with van der Waals surface area (Å²) < 4.78 is 3.64. The molecule has 2 aromatic heterocycles. The lowest BCUT2D eigenvalue weighted by Gasteiger charge is -2.14. The second kappa shape index (κ2) is 7.09. The van der Waals surface area contributed by atoms with Crippen LogP contribution in [0.1, 0.15) is 0 Å². The monoisotopic (exact) mass is 513 g/mol. The summed E-state index contributed by atoms with van der Waals surface area (Å²) in [7, 11) is 4.14. The van der Waals surface area contributed by atoms with Crippen LogP contribution in [-0.2, 0) is 0 Å². The second-order valence-corrected chi connectivity index (χ2v) is 9.97. The molecule has 0 unspecified atom stereocenters. The molecule has 0 aliphatic carbocycles. The van der Waals surface area contributed by atoms with Crippen molar-refractivity contribution in [3.63, 3.8) is 0 Å². The van der Waals surface area contributed by atoms with Gasteiger partial charge in [0.05, 0.1) is 20.4 Å². The molecule has 0 radical (unpaired) electrons. The van der Waals surface area contributed by atoms with Crippen LogP contribution in [0.2, 0.25) is 0 Å². The molecule has 0 fully saturated rings. The van der Waals surface area contributed by atoms with Gasteiger partial charge in [0.2, 0.25) is 0 Å². The maximum atomic E-state index is 4.86. The minimum Gasteiger partial charge on any atom is -0.377 e. The van der Waals surface area contributed by atoms with Gasteiger partial charge in [-0.2, -0.15) is 0 Å². The van der Waals surface area contributed by atoms with Crippen molar-refractivity contribution in [3.05, 3.63) is 64.2 Å². The largest absolute Gasteiger partial charge is 0.377 e. The van der Waals surface area contributed by atoms with Crippen LogP contribution in [0.25, 0.3) is 41.6 Å². The van der Waals surface area contributed by atoms with Crippen molar-refractivity contribution < 1.29 is 0 Å². The molecule has 138 valence electrons. The molecular weight excluding hydrogens is 497 g/mol. The van der Waals surface area contributed by atoms with Crippen molar-refractivity contribution in [2.45, 2.75) is 0 Å². The fourth-order valence-electron chi connectivity index (χ4n) is 3.18. The quantitative estimate of drug-likeness (QED) is 0.246. The molecule has 3 aromatic carbocycles. The van der Waals surface area contributed by atoms with E-state index in [1.807, 2.05) is 6.07 Å². The second-order valence-electron chi connectivity index (χ2n) is 6.75. The van der Waals surface area contributed by atoms with Crippen molar-refractivity contribution in [3.8, 4) is 21.1 Å². The number of nitrogens with zero attached hydrogens (tertiary/aromatic N) is 3. The smallest absolute Gasteiger partial charge is 0.124 e. The average Bonchev–Trinajstić information content (AvgIpc) is 3.31. The summed E-state index contributed by atoms with van der Waals surface area (Å²) in [5.74, 6) is 0. The third-order valence-electron chi connectivity index (χ3n) is 4.61. The first kappa shape index (κ1) is 18.0. The van der Waals surface area contributed by atoms with Gasteiger partial charge in [-0.1, -0.05) is 12.1 Å². The molecule has 2 heterocycles. The first-order valence-electron chi connectivity index (χ1n) is 8.82. The highest BCUT2D eigenvalue weighted by Gasteiger charge is 2.12. The standard InChI is InChI=1S/C22H16IN3S2/c1-26(2)18-10-8-13(11-15(18)23)21-25-17-9-7-14(12-20(17)28-21)22-24-16-5-3-4-6-19(16)27-22/h3-12H,1-2H3. The molecule has 0 saturated heterocycles. The molecule has 0 spiro atoms. The number of rotatable bonds is 3. The number of thiazole rings is 2. The maximum absolute atomic E-state index is 4.86. The van der Waals surface area contributed by atoms with Crippen LogP contribution in [0, 0.1) is 3.57 Å². The van der Waals surface area contributed by atoms with Gasteiger partial charge in [-0.3, -0.25) is 0 Å². The van der Waals surface area contributed by atoms with Gasteiger partial charge in [0.1, 0.15) is 10.0 Å². The van der Waals surface area contributed by atoms with Gasteiger partial charge in [-0.15, -0.1) is 22.7 Å². The Labute approximate surface area is 184 Å². The topological polar surface area (TPSA) is 29.0 Å². The molecule has 6 heteroatoms. The lowest BCUT2D eigenvalue weighted by atomic mass is 10.2. The molecule has 0 aliphatic heterocycles. The van der Waals surface area contributed by atoms with E-state index >= 15 is 0 Å². The predicted octanol–water partition coefficient (Wildman–Crippen LogP) is 6.91. The Hall–Kier alpha value is -2.03. The van der Waals surface area contributed by atoms with Crippen LogP contribution in [0.5, 0.6) is 0 Å². The third kappa shape index (κ3) is 3.19. The molecule has 0 bridgehead atoms. The first-order valence-corrected chi connectivity index (χ1v) is 11.5. The summed E-state index contributed by atoms with van der Waals surface area (Å²) in [5, 5.41) is 2.11. The lowest BCUT2D eigenvalue weighted by molar-refractivity contribution is 1.12. The number of hydrogen-bond donors (Lipinski definition) is 0. The molecular formula is C22H16IN3S2. The first-order chi connectivity index (χ1) is 13.6. The van der Waals surface area contributed by atoms with E-state index in [0.717, 1.165) is 32.2 Å². The highest BCUT2D eigenvalue weighted by Crippen LogP contribution is 2.36. The van der Waals surface area contributed by atoms with Gasteiger partial charge in [0, 0.05) is 34.5 Å². The predicted molar refractivity (Wildman–Crippen MR) is 131 cm³/mol. The summed E-state index contributed by atoms with van der Waals surface area (Å²) in [6.07, 6.45) is 0. The molecule has 5 aromatic rings. The number of para-hydroxylation sites is 1. The molecule has 0 amide bonds. The number of aromatic nitrogens is 2. The number of hydrogen-bond acceptors (Lipinski definition) is 5. The van der Waals surface area contributed by atoms with E-state index in [9.17, 15) is 0 Å². The molecule has 3 nitrogen and oxygen atoms in total. The van der Waals surface area contributed by atoms with Crippen LogP contribution in [0.4, 0.5) is 5.69 Å². The van der Waals surface area contributed by atoms with Crippen LogP contribution >= 0.6 is 45.3 Å². The minimum absolute atomic E-state index is 1.04. The van der Waals surface area contributed by atoms with Gasteiger partial charge in [-0.25, -0.2) is 9.97 Å². The van der Waals surface area contributed by atoms with E-state index in [0.29, 0.717) is 0 Å². The van der Waals surface area contributed by atoms with Crippen molar-refractivity contribution >= 4 is 71.4 Å². The Morgan fingerprint density at radius 2 is 1.39 bits per heavy atom. The minimum atomic E-state index is 1.04. The Balaban J connectivity index is 1.56. The van der Waals surface area contributed by atoms with E-state index in [-0.39, 0.29) is 0 Å². The highest BCUT2D eigenvalue weighted by atomic mass is 127. The molecule has 5 rings (SSSR count). The zero-order valence-corrected chi connectivity index (χ0v) is 19.1. The van der Waals surface area contributed by atoms with E-state index in [1.54, 1.807) is 22.7 Å². The van der Waals surface area contributed by atoms with Gasteiger partial charge in [0.15, 0.2) is 0 Å². The summed E-state index contributed by atoms with van der Waals surface area (Å²) in [5.41, 5.74) is 5.64. The Morgan fingerprint density at radius 1 is 0.750 bits per heavy atom. The number of anilines is 1. The number of halogens is 1. The van der Waals surface area contributed by atoms with E-state index in [4.69, 9.17) is 9.97 Å². The summed E-state index contributed by atoms with van der Waals surface area (Å²) in [6, 6.07) is 21.3. The van der Waals surface area contributed by atoms with Crippen LogP contribution in [-0.4, -0.2) is 24.1 Å². The highest BCUT2D eigenvalue weighted by molar-refractivity contribution is 14.1. The van der Waals surface area contributed by atoms with E-state index < -0.39 is 0 Å². The van der Waals surface area contributed by atoms with Crippen molar-refractivity contribution in [1.29, 1.82) is 0 Å². The Morgan fingerprint density at radius 3 is 2.11 bits per heavy atom. The van der Waals surface area contributed by atoms with Gasteiger partial charge in [-0.05, 0) is 71.1 Å². The van der Waals surface area contributed by atoms with Crippen molar-refractivity contribution in [2.75, 3.05) is 19.0 Å². The van der Waals surface area contributed by atoms with Crippen molar-refractivity contribution in [1.82, 2.24) is 9.97 Å². The van der Waals surface area contributed by atoms with Crippen LogP contribution in [0.3, 0.4) is 0 Å². The fraction of sp³-hybridized carbons (Fsp3) is 0.0909. The van der Waals surface area contributed by atoms with Crippen molar-refractivity contribution in [2.24, 2.45) is 0 Å². The third-order valence-corrected chi connectivity index (χ3v) is 7.62. The van der Waals surface area contributed by atoms with Gasteiger partial charge < -0.3 is 4.90 Å². The maximum Gasteiger partial charge on any atom is 0.124 e. The normalized spacial score (nSPS) is 11.4. The molecule has 0 atom stereocenters. The summed E-state index contributed by atoms with van der Waals surface area (Å²) in [4.78, 5) is 11.8. The van der Waals surface area contributed by atoms with Crippen LogP contribution < -0.4 is 4.90 Å². The SMILES string of the molecule is CN(C)c1ccc(-c2nc3ccc(-c4nc5ccccc5s4)cc3s2)cc1I. The Kier molecular flexibility index (Phi) is 4.57. The van der Waals surface area contributed by atoms with E-state index in [2.05, 4.69) is 96.2 Å². The zero-order valence-electron chi connectivity index (χ0n) is 15.3. The average molecular weight is 513 g/mol. The zero-order chi connectivity index (χ0) is 19.3. The van der Waals surface area contributed by atoms with Crippen LogP contribution in [0.15, 0.2) is 60.7 Å².